The molecule has 0 fully saturated rings. The second-order valence-electron chi connectivity index (χ2n) is 4.13. The van der Waals surface area contributed by atoms with Crippen LogP contribution in [0, 0.1) is 11.6 Å². The Morgan fingerprint density at radius 3 is 2.78 bits per heavy atom. The number of benzene rings is 1. The van der Waals surface area contributed by atoms with Crippen molar-refractivity contribution in [2.24, 2.45) is 7.05 Å². The van der Waals surface area contributed by atoms with E-state index in [-0.39, 0.29) is 24.2 Å². The summed E-state index contributed by atoms with van der Waals surface area (Å²) >= 11 is 0. The molecule has 0 spiro atoms. The van der Waals surface area contributed by atoms with Gasteiger partial charge in [0, 0.05) is 26.1 Å². The summed E-state index contributed by atoms with van der Waals surface area (Å²) in [5, 5.41) is 3.94. The summed E-state index contributed by atoms with van der Waals surface area (Å²) in [5.74, 6) is -2.05. The van der Waals surface area contributed by atoms with Crippen LogP contribution in [-0.2, 0) is 24.7 Å². The molecule has 0 aliphatic heterocycles. The number of carbonyl (C=O) groups excluding carboxylic acids is 1. The van der Waals surface area contributed by atoms with Crippen LogP contribution in [-0.4, -0.2) is 15.6 Å². The van der Waals surface area contributed by atoms with Crippen molar-refractivity contribution in [3.8, 4) is 0 Å². The first-order chi connectivity index (χ1) is 8.56. The molecule has 0 amide bonds. The largest absolute Gasteiger partial charge is 0.299 e. The number of halogens is 2. The van der Waals surface area contributed by atoms with Crippen LogP contribution >= 0.6 is 0 Å². The van der Waals surface area contributed by atoms with Crippen LogP contribution in [0.25, 0.3) is 0 Å². The zero-order chi connectivity index (χ0) is 13.1. The third kappa shape index (κ3) is 2.80. The van der Waals surface area contributed by atoms with Gasteiger partial charge in [0.1, 0.15) is 5.78 Å². The van der Waals surface area contributed by atoms with Gasteiger partial charge in [-0.05, 0) is 17.2 Å². The first kappa shape index (κ1) is 12.4. The first-order valence-corrected chi connectivity index (χ1v) is 5.48. The maximum atomic E-state index is 13.4. The molecule has 0 atom stereocenters. The molecule has 0 unspecified atom stereocenters. The molecule has 1 aromatic carbocycles. The molecular weight excluding hydrogens is 238 g/mol. The molecule has 0 N–H and O–H groups in total. The van der Waals surface area contributed by atoms with E-state index >= 15 is 0 Å². The minimum Gasteiger partial charge on any atom is -0.299 e. The molecule has 2 rings (SSSR count). The zero-order valence-electron chi connectivity index (χ0n) is 9.86. The van der Waals surface area contributed by atoms with Crippen molar-refractivity contribution in [2.75, 3.05) is 0 Å². The lowest BCUT2D eigenvalue weighted by molar-refractivity contribution is -0.117. The summed E-state index contributed by atoms with van der Waals surface area (Å²) in [6.45, 7) is 0. The van der Waals surface area contributed by atoms with Gasteiger partial charge in [-0.25, -0.2) is 8.78 Å². The van der Waals surface area contributed by atoms with Gasteiger partial charge in [-0.15, -0.1) is 0 Å². The van der Waals surface area contributed by atoms with Gasteiger partial charge in [0.2, 0.25) is 0 Å². The van der Waals surface area contributed by atoms with Gasteiger partial charge < -0.3 is 0 Å². The number of hydrogen-bond acceptors (Lipinski definition) is 2. The third-order valence-electron chi connectivity index (χ3n) is 2.58. The number of aromatic nitrogens is 2. The van der Waals surface area contributed by atoms with E-state index in [0.717, 1.165) is 11.6 Å². The van der Waals surface area contributed by atoms with E-state index in [2.05, 4.69) is 5.10 Å². The Morgan fingerprint density at radius 2 is 2.11 bits per heavy atom. The van der Waals surface area contributed by atoms with Crippen LogP contribution in [0.3, 0.4) is 0 Å². The second-order valence-corrected chi connectivity index (χ2v) is 4.13. The molecule has 0 bridgehead atoms. The molecule has 0 aliphatic carbocycles. The molecule has 0 saturated heterocycles. The van der Waals surface area contributed by atoms with Crippen molar-refractivity contribution >= 4 is 5.78 Å². The maximum absolute atomic E-state index is 13.4. The standard InChI is InChI=1S/C13H12F2N2O/c1-17-8-9(7-16-17)5-11(18)6-10-3-2-4-12(14)13(10)15/h2-4,7-8H,5-6H2,1H3. The van der Waals surface area contributed by atoms with Crippen LogP contribution in [0.4, 0.5) is 8.78 Å². The summed E-state index contributed by atoms with van der Waals surface area (Å²) in [7, 11) is 1.75. The molecule has 0 aliphatic rings. The minimum absolute atomic E-state index is 0.0869. The lowest BCUT2D eigenvalue weighted by atomic mass is 10.0. The molecule has 1 heterocycles. The Balaban J connectivity index is 2.05. The van der Waals surface area contributed by atoms with Crippen LogP contribution in [0.2, 0.25) is 0 Å². The average molecular weight is 250 g/mol. The summed E-state index contributed by atoms with van der Waals surface area (Å²) in [6.07, 6.45) is 3.36. The van der Waals surface area contributed by atoms with Crippen LogP contribution in [0.15, 0.2) is 30.6 Å². The van der Waals surface area contributed by atoms with Crippen molar-refractivity contribution in [2.45, 2.75) is 12.8 Å². The van der Waals surface area contributed by atoms with Gasteiger partial charge in [0.25, 0.3) is 0 Å². The Labute approximate surface area is 103 Å². The van der Waals surface area contributed by atoms with Crippen molar-refractivity contribution in [1.29, 1.82) is 0 Å². The predicted octanol–water partition coefficient (Wildman–Crippen LogP) is 2.05. The van der Waals surface area contributed by atoms with Crippen molar-refractivity contribution in [3.05, 3.63) is 53.4 Å². The molecule has 1 aromatic heterocycles. The summed E-state index contributed by atoms with van der Waals surface area (Å²) < 4.78 is 27.9. The lowest BCUT2D eigenvalue weighted by Gasteiger charge is -2.02. The SMILES string of the molecule is Cn1cc(CC(=O)Cc2cccc(F)c2F)cn1. The van der Waals surface area contributed by atoms with Gasteiger partial charge in [-0.1, -0.05) is 12.1 Å². The van der Waals surface area contributed by atoms with Crippen molar-refractivity contribution in [1.82, 2.24) is 9.78 Å². The summed E-state index contributed by atoms with van der Waals surface area (Å²) in [4.78, 5) is 11.7. The number of Topliss-reactive ketones (excluding diaryl/α,β-unsaturated/α-hetero) is 1. The van der Waals surface area contributed by atoms with Crippen molar-refractivity contribution in [3.63, 3.8) is 0 Å². The molecule has 18 heavy (non-hydrogen) atoms. The fourth-order valence-corrected chi connectivity index (χ4v) is 1.75. The van der Waals surface area contributed by atoms with Gasteiger partial charge in [-0.3, -0.25) is 9.48 Å². The van der Waals surface area contributed by atoms with Crippen LogP contribution < -0.4 is 0 Å². The number of hydrogen-bond donors (Lipinski definition) is 0. The van der Waals surface area contributed by atoms with Gasteiger partial charge in [0.05, 0.1) is 6.20 Å². The quantitative estimate of drug-likeness (QED) is 0.832. The van der Waals surface area contributed by atoms with E-state index in [1.54, 1.807) is 24.1 Å². The van der Waals surface area contributed by atoms with E-state index in [9.17, 15) is 13.6 Å². The highest BCUT2D eigenvalue weighted by Crippen LogP contribution is 2.13. The molecule has 0 radical (unpaired) electrons. The number of nitrogens with zero attached hydrogens (tertiary/aromatic N) is 2. The average Bonchev–Trinajstić information content (AvgIpc) is 2.70. The highest BCUT2D eigenvalue weighted by atomic mass is 19.2. The summed E-state index contributed by atoms with van der Waals surface area (Å²) in [5.41, 5.74) is 0.850. The molecule has 2 aromatic rings. The predicted molar refractivity (Wildman–Crippen MR) is 62.0 cm³/mol. The minimum atomic E-state index is -0.947. The van der Waals surface area contributed by atoms with Crippen molar-refractivity contribution < 1.29 is 13.6 Å². The molecular formula is C13H12F2N2O. The lowest BCUT2D eigenvalue weighted by Crippen LogP contribution is -2.08. The maximum Gasteiger partial charge on any atom is 0.162 e. The Kier molecular flexibility index (Phi) is 3.50. The fourth-order valence-electron chi connectivity index (χ4n) is 1.75. The smallest absolute Gasteiger partial charge is 0.162 e. The van der Waals surface area contributed by atoms with Gasteiger partial charge >= 0.3 is 0 Å². The Morgan fingerprint density at radius 1 is 1.33 bits per heavy atom. The number of ketones is 1. The second kappa shape index (κ2) is 5.08. The molecule has 5 heteroatoms. The monoisotopic (exact) mass is 250 g/mol. The topological polar surface area (TPSA) is 34.9 Å². The fraction of sp³-hybridized carbons (Fsp3) is 0.231. The number of aryl methyl sites for hydroxylation is 1. The van der Waals surface area contributed by atoms with Gasteiger partial charge in [-0.2, -0.15) is 5.10 Å². The zero-order valence-corrected chi connectivity index (χ0v) is 9.86. The highest BCUT2D eigenvalue weighted by Gasteiger charge is 2.12. The van der Waals surface area contributed by atoms with Gasteiger partial charge in [0.15, 0.2) is 11.6 Å². The first-order valence-electron chi connectivity index (χ1n) is 5.48. The summed E-state index contributed by atoms with van der Waals surface area (Å²) in [6, 6.07) is 3.84. The third-order valence-corrected chi connectivity index (χ3v) is 2.58. The van der Waals surface area contributed by atoms with E-state index in [1.807, 2.05) is 0 Å². The Bertz CT molecular complexity index is 578. The van der Waals surface area contributed by atoms with Crippen LogP contribution in [0.1, 0.15) is 11.1 Å². The number of carbonyl (C=O) groups is 1. The van der Waals surface area contributed by atoms with E-state index in [1.165, 1.54) is 12.1 Å². The Hall–Kier alpha value is -2.04. The molecule has 0 saturated carbocycles. The van der Waals surface area contributed by atoms with Crippen LogP contribution in [0.5, 0.6) is 0 Å². The molecule has 3 nitrogen and oxygen atoms in total. The highest BCUT2D eigenvalue weighted by molar-refractivity contribution is 5.83. The normalized spacial score (nSPS) is 10.6. The van der Waals surface area contributed by atoms with E-state index in [0.29, 0.717) is 0 Å². The molecule has 94 valence electrons. The number of rotatable bonds is 4. The van der Waals surface area contributed by atoms with E-state index in [4.69, 9.17) is 0 Å². The van der Waals surface area contributed by atoms with E-state index < -0.39 is 11.6 Å².